The molecule has 0 atom stereocenters. The van der Waals surface area contributed by atoms with Crippen LogP contribution >= 0.6 is 0 Å². The standard InChI is InChI=1S/C4H5N2.C4H9.Sn/c1-6-3-2-5-4-6;1-3-4-2;/h2,4H,1H3;1,3-4H2,2H3;. The fourth-order valence-corrected chi connectivity index (χ4v) is 4.52. The van der Waals surface area contributed by atoms with Crippen molar-refractivity contribution in [1.82, 2.24) is 9.55 Å². The van der Waals surface area contributed by atoms with Crippen molar-refractivity contribution in [2.75, 3.05) is 0 Å². The van der Waals surface area contributed by atoms with E-state index in [1.54, 1.807) is 0 Å². The third-order valence-electron chi connectivity index (χ3n) is 1.65. The number of hydrogen-bond donors (Lipinski definition) is 0. The van der Waals surface area contributed by atoms with E-state index in [1.807, 2.05) is 12.5 Å². The average molecular weight is 257 g/mol. The number of rotatable bonds is 4. The molecule has 0 bridgehead atoms. The van der Waals surface area contributed by atoms with E-state index >= 15 is 0 Å². The Morgan fingerprint density at radius 3 is 3.00 bits per heavy atom. The van der Waals surface area contributed by atoms with E-state index in [9.17, 15) is 0 Å². The maximum atomic E-state index is 4.11. The van der Waals surface area contributed by atoms with Gasteiger partial charge in [0, 0.05) is 0 Å². The van der Waals surface area contributed by atoms with Gasteiger partial charge in [-0.25, -0.2) is 0 Å². The molecular weight excluding hydrogens is 243 g/mol. The Hall–Kier alpha value is 0.00870. The molecule has 0 N–H and O–H groups in total. The quantitative estimate of drug-likeness (QED) is 0.580. The topological polar surface area (TPSA) is 17.8 Å². The number of aromatic nitrogens is 2. The van der Waals surface area contributed by atoms with Crippen molar-refractivity contribution >= 4 is 24.9 Å². The second-order valence-electron chi connectivity index (χ2n) is 2.67. The molecule has 0 aliphatic carbocycles. The third-order valence-corrected chi connectivity index (χ3v) is 5.78. The summed E-state index contributed by atoms with van der Waals surface area (Å²) in [6.07, 6.45) is 6.67. The second-order valence-corrected chi connectivity index (χ2v) is 6.57. The Morgan fingerprint density at radius 1 is 1.64 bits per heavy atom. The molecule has 1 rings (SSSR count). The summed E-state index contributed by atoms with van der Waals surface area (Å²) in [6.45, 7) is 2.25. The van der Waals surface area contributed by atoms with Gasteiger partial charge in [-0.3, -0.25) is 0 Å². The van der Waals surface area contributed by atoms with Crippen molar-refractivity contribution in [3.05, 3.63) is 12.5 Å². The van der Waals surface area contributed by atoms with Crippen LogP contribution in [0.5, 0.6) is 0 Å². The van der Waals surface area contributed by atoms with Crippen LogP contribution in [-0.2, 0) is 7.05 Å². The van der Waals surface area contributed by atoms with Crippen LogP contribution < -0.4 is 3.71 Å². The molecule has 0 aliphatic rings. The molecular formula is C8H14N2Sn. The molecule has 0 fully saturated rings. The van der Waals surface area contributed by atoms with E-state index in [1.165, 1.54) is 21.0 Å². The van der Waals surface area contributed by atoms with Gasteiger partial charge in [-0.2, -0.15) is 0 Å². The molecule has 0 aliphatic heterocycles. The average Bonchev–Trinajstić information content (AvgIpc) is 2.37. The van der Waals surface area contributed by atoms with Gasteiger partial charge in [-0.05, 0) is 0 Å². The number of unbranched alkanes of at least 4 members (excludes halogenated alkanes) is 1. The number of aryl methyl sites for hydroxylation is 1. The zero-order valence-electron chi connectivity index (χ0n) is 7.17. The van der Waals surface area contributed by atoms with Crippen LogP contribution in [0, 0.1) is 0 Å². The Kier molecular flexibility index (Phi) is 3.97. The Labute approximate surface area is 78.2 Å². The van der Waals surface area contributed by atoms with Gasteiger partial charge < -0.3 is 0 Å². The normalized spacial score (nSPS) is 10.4. The molecule has 2 nitrogen and oxygen atoms in total. The van der Waals surface area contributed by atoms with Gasteiger partial charge in [0.2, 0.25) is 0 Å². The summed E-state index contributed by atoms with van der Waals surface area (Å²) in [6, 6.07) is 0. The Bertz CT molecular complexity index is 208. The minimum absolute atomic E-state index is 0.273. The van der Waals surface area contributed by atoms with Crippen LogP contribution in [0.15, 0.2) is 12.5 Å². The Balaban J connectivity index is 2.32. The van der Waals surface area contributed by atoms with Gasteiger partial charge in [0.1, 0.15) is 0 Å². The molecule has 1 aromatic rings. The van der Waals surface area contributed by atoms with Crippen LogP contribution in [0.25, 0.3) is 0 Å². The van der Waals surface area contributed by atoms with Crippen molar-refractivity contribution in [2.45, 2.75) is 24.2 Å². The molecule has 1 aromatic heterocycles. The minimum atomic E-state index is -0.273. The summed E-state index contributed by atoms with van der Waals surface area (Å²) >= 11 is -0.273. The second kappa shape index (κ2) is 4.80. The van der Waals surface area contributed by atoms with Gasteiger partial charge in [-0.1, -0.05) is 0 Å². The summed E-state index contributed by atoms with van der Waals surface area (Å²) in [4.78, 5) is 4.11. The number of nitrogens with zero attached hydrogens (tertiary/aromatic N) is 2. The molecule has 3 heteroatoms. The van der Waals surface area contributed by atoms with Crippen molar-refractivity contribution in [1.29, 1.82) is 0 Å². The monoisotopic (exact) mass is 258 g/mol. The molecule has 0 aromatic carbocycles. The fourth-order valence-electron chi connectivity index (χ4n) is 0.921. The maximum absolute atomic E-state index is 4.11. The van der Waals surface area contributed by atoms with Gasteiger partial charge in [0.15, 0.2) is 0 Å². The summed E-state index contributed by atoms with van der Waals surface area (Å²) < 4.78 is 5.14. The van der Waals surface area contributed by atoms with Crippen molar-refractivity contribution in [3.63, 3.8) is 0 Å². The summed E-state index contributed by atoms with van der Waals surface area (Å²) in [7, 11) is 2.09. The predicted octanol–water partition coefficient (Wildman–Crippen LogP) is 0.968. The first kappa shape index (κ1) is 9.10. The molecule has 60 valence electrons. The summed E-state index contributed by atoms with van der Waals surface area (Å²) in [5, 5.41) is 0. The molecule has 0 saturated heterocycles. The van der Waals surface area contributed by atoms with Crippen LogP contribution in [0.1, 0.15) is 19.8 Å². The zero-order chi connectivity index (χ0) is 8.10. The molecule has 11 heavy (non-hydrogen) atoms. The number of imidazole rings is 1. The Morgan fingerprint density at radius 2 is 2.45 bits per heavy atom. The first-order valence-corrected chi connectivity index (χ1v) is 7.49. The van der Waals surface area contributed by atoms with Crippen molar-refractivity contribution in [2.24, 2.45) is 7.05 Å². The molecule has 0 saturated carbocycles. The van der Waals surface area contributed by atoms with Crippen LogP contribution in [0.3, 0.4) is 0 Å². The molecule has 2 radical (unpaired) electrons. The van der Waals surface area contributed by atoms with E-state index in [-0.39, 0.29) is 21.1 Å². The van der Waals surface area contributed by atoms with Crippen LogP contribution in [0.4, 0.5) is 0 Å². The molecule has 0 spiro atoms. The van der Waals surface area contributed by atoms with E-state index < -0.39 is 0 Å². The van der Waals surface area contributed by atoms with Crippen LogP contribution in [0.2, 0.25) is 4.44 Å². The van der Waals surface area contributed by atoms with Gasteiger partial charge in [0.05, 0.1) is 0 Å². The predicted molar refractivity (Wildman–Crippen MR) is 48.3 cm³/mol. The van der Waals surface area contributed by atoms with E-state index in [0.717, 1.165) is 0 Å². The molecule has 0 amide bonds. The fraction of sp³-hybridized carbons (Fsp3) is 0.625. The van der Waals surface area contributed by atoms with Crippen molar-refractivity contribution in [3.8, 4) is 0 Å². The number of hydrogen-bond acceptors (Lipinski definition) is 1. The van der Waals surface area contributed by atoms with Crippen LogP contribution in [-0.4, -0.2) is 30.7 Å². The SMILES string of the molecule is CCC[CH2][Sn][c]1cncn1C. The van der Waals surface area contributed by atoms with E-state index in [4.69, 9.17) is 0 Å². The third kappa shape index (κ3) is 2.85. The first-order valence-electron chi connectivity index (χ1n) is 4.04. The van der Waals surface area contributed by atoms with Crippen molar-refractivity contribution < 1.29 is 0 Å². The van der Waals surface area contributed by atoms with Gasteiger partial charge >= 0.3 is 78.2 Å². The molecule has 1 heterocycles. The first-order chi connectivity index (χ1) is 5.34. The van der Waals surface area contributed by atoms with Gasteiger partial charge in [-0.15, -0.1) is 0 Å². The zero-order valence-corrected chi connectivity index (χ0v) is 10.0. The molecule has 0 unspecified atom stereocenters. The van der Waals surface area contributed by atoms with E-state index in [2.05, 4.69) is 23.5 Å². The summed E-state index contributed by atoms with van der Waals surface area (Å²) in [5.74, 6) is 0. The summed E-state index contributed by atoms with van der Waals surface area (Å²) in [5.41, 5.74) is 0. The van der Waals surface area contributed by atoms with E-state index in [0.29, 0.717) is 0 Å². The van der Waals surface area contributed by atoms with Gasteiger partial charge in [0.25, 0.3) is 0 Å².